The fourth-order valence-corrected chi connectivity index (χ4v) is 7.20. The zero-order chi connectivity index (χ0) is 22.7. The highest BCUT2D eigenvalue weighted by molar-refractivity contribution is 7.99. The lowest BCUT2D eigenvalue weighted by Crippen LogP contribution is -2.54. The molecule has 6 heteroatoms. The van der Waals surface area contributed by atoms with E-state index in [1.165, 1.54) is 36.1 Å². The summed E-state index contributed by atoms with van der Waals surface area (Å²) in [7, 11) is 0. The first kappa shape index (κ1) is 24.1. The predicted molar refractivity (Wildman–Crippen MR) is 133 cm³/mol. The number of halogens is 1. The number of thioether (sulfide) groups is 1. The molecule has 1 aromatic carbocycles. The maximum absolute atomic E-state index is 12.9. The van der Waals surface area contributed by atoms with Crippen molar-refractivity contribution in [3.05, 3.63) is 33.8 Å². The van der Waals surface area contributed by atoms with Gasteiger partial charge >= 0.3 is 0 Å². The first-order valence-electron chi connectivity index (χ1n) is 12.3. The molecule has 0 bridgehead atoms. The van der Waals surface area contributed by atoms with E-state index in [-0.39, 0.29) is 12.0 Å². The summed E-state index contributed by atoms with van der Waals surface area (Å²) < 4.78 is 0. The summed E-state index contributed by atoms with van der Waals surface area (Å²) in [6.45, 7) is 7.71. The van der Waals surface area contributed by atoms with Crippen LogP contribution in [0.4, 0.5) is 0 Å². The molecule has 2 atom stereocenters. The summed E-state index contributed by atoms with van der Waals surface area (Å²) in [5.41, 5.74) is 3.48. The Morgan fingerprint density at radius 2 is 1.88 bits per heavy atom. The minimum atomic E-state index is 0.238. The molecule has 1 aromatic rings. The van der Waals surface area contributed by atoms with Crippen molar-refractivity contribution < 1.29 is 9.59 Å². The van der Waals surface area contributed by atoms with E-state index in [1.807, 2.05) is 17.8 Å². The number of rotatable bonds is 7. The van der Waals surface area contributed by atoms with Crippen LogP contribution in [0.5, 0.6) is 0 Å². The van der Waals surface area contributed by atoms with E-state index in [2.05, 4.69) is 29.7 Å². The molecule has 0 aromatic heterocycles. The van der Waals surface area contributed by atoms with Gasteiger partial charge in [0.25, 0.3) is 0 Å². The molecule has 1 aliphatic carbocycles. The summed E-state index contributed by atoms with van der Waals surface area (Å²) >= 11 is 8.44. The van der Waals surface area contributed by atoms with Gasteiger partial charge in [-0.2, -0.15) is 11.8 Å². The number of hydrogen-bond donors (Lipinski definition) is 0. The zero-order valence-corrected chi connectivity index (χ0v) is 21.1. The number of amides is 1. The minimum Gasteiger partial charge on any atom is -0.337 e. The number of nitrogens with zero attached hydrogens (tertiary/aromatic N) is 2. The fraction of sp³-hybridized carbons (Fsp3) is 0.692. The molecule has 1 unspecified atom stereocenters. The Morgan fingerprint density at radius 1 is 1.12 bits per heavy atom. The molecule has 2 saturated heterocycles. The van der Waals surface area contributed by atoms with Gasteiger partial charge in [-0.3, -0.25) is 14.5 Å². The molecule has 3 aliphatic rings. The van der Waals surface area contributed by atoms with Crippen LogP contribution in [0.1, 0.15) is 62.1 Å². The van der Waals surface area contributed by atoms with Crippen molar-refractivity contribution in [1.29, 1.82) is 0 Å². The van der Waals surface area contributed by atoms with Crippen molar-refractivity contribution in [1.82, 2.24) is 9.80 Å². The standard InChI is InChI=1S/C26H37ClN2O2S/c1-18-15-28(8-9-29(18)26(31)21-5-3-4-6-21)16-23-13-24(27)12-22(19(23)2)14-25(30)11-20-7-10-32-17-20/h12-13,18,20-21H,3-11,14-17H2,1-2H3/t18-,20?/m0/s1. The van der Waals surface area contributed by atoms with E-state index >= 15 is 0 Å². The Balaban J connectivity index is 1.36. The molecule has 1 amide bonds. The predicted octanol–water partition coefficient (Wildman–Crippen LogP) is 5.13. The summed E-state index contributed by atoms with van der Waals surface area (Å²) in [5, 5.41) is 0.716. The first-order valence-corrected chi connectivity index (χ1v) is 13.8. The highest BCUT2D eigenvalue weighted by Gasteiger charge is 2.33. The van der Waals surface area contributed by atoms with E-state index in [9.17, 15) is 9.59 Å². The number of benzene rings is 1. The van der Waals surface area contributed by atoms with Crippen LogP contribution >= 0.6 is 23.4 Å². The summed E-state index contributed by atoms with van der Waals surface area (Å²) in [5.74, 6) is 3.82. The number of hydrogen-bond acceptors (Lipinski definition) is 4. The van der Waals surface area contributed by atoms with Crippen molar-refractivity contribution >= 4 is 35.1 Å². The van der Waals surface area contributed by atoms with Crippen LogP contribution in [0.25, 0.3) is 0 Å². The van der Waals surface area contributed by atoms with E-state index in [0.29, 0.717) is 35.5 Å². The number of piperazine rings is 1. The maximum atomic E-state index is 12.9. The smallest absolute Gasteiger partial charge is 0.226 e. The van der Waals surface area contributed by atoms with Crippen molar-refractivity contribution in [2.45, 2.75) is 71.4 Å². The van der Waals surface area contributed by atoms with Gasteiger partial charge in [-0.15, -0.1) is 0 Å². The van der Waals surface area contributed by atoms with Gasteiger partial charge in [0, 0.05) is 56.0 Å². The molecule has 4 rings (SSSR count). The normalized spacial score (nSPS) is 24.9. The number of Topliss-reactive ketones (excluding diaryl/α,β-unsaturated/α-hetero) is 1. The van der Waals surface area contributed by atoms with Gasteiger partial charge in [0.2, 0.25) is 5.91 Å². The number of ketones is 1. The van der Waals surface area contributed by atoms with Gasteiger partial charge < -0.3 is 4.90 Å². The van der Waals surface area contributed by atoms with Crippen LogP contribution in [-0.2, 0) is 22.6 Å². The number of carbonyl (C=O) groups is 2. The Kier molecular flexibility index (Phi) is 8.23. The molecule has 32 heavy (non-hydrogen) atoms. The van der Waals surface area contributed by atoms with Gasteiger partial charge in [-0.05, 0) is 79.4 Å². The van der Waals surface area contributed by atoms with Crippen LogP contribution in [-0.4, -0.2) is 58.7 Å². The second-order valence-corrected chi connectivity index (χ2v) is 11.7. The van der Waals surface area contributed by atoms with E-state index in [0.717, 1.165) is 50.3 Å². The Labute approximate surface area is 202 Å². The van der Waals surface area contributed by atoms with E-state index in [1.54, 1.807) is 0 Å². The molecule has 2 aliphatic heterocycles. The maximum Gasteiger partial charge on any atom is 0.226 e. The SMILES string of the molecule is Cc1c(CC(=O)CC2CCSC2)cc(Cl)cc1CN1CCN(C(=O)C2CCCC2)[C@@H](C)C1. The van der Waals surface area contributed by atoms with Gasteiger partial charge in [-0.1, -0.05) is 24.4 Å². The molecule has 0 N–H and O–H groups in total. The van der Waals surface area contributed by atoms with Crippen LogP contribution in [0.2, 0.25) is 5.02 Å². The van der Waals surface area contributed by atoms with Crippen LogP contribution < -0.4 is 0 Å². The fourth-order valence-electron chi connectivity index (χ4n) is 5.65. The minimum absolute atomic E-state index is 0.238. The third-order valence-corrected chi connectivity index (χ3v) is 9.06. The summed E-state index contributed by atoms with van der Waals surface area (Å²) in [4.78, 5) is 30.1. The van der Waals surface area contributed by atoms with E-state index < -0.39 is 0 Å². The highest BCUT2D eigenvalue weighted by Crippen LogP contribution is 2.30. The molecule has 2 heterocycles. The largest absolute Gasteiger partial charge is 0.337 e. The molecular formula is C26H37ClN2O2S. The zero-order valence-electron chi connectivity index (χ0n) is 19.6. The average molecular weight is 477 g/mol. The van der Waals surface area contributed by atoms with Crippen molar-refractivity contribution in [2.24, 2.45) is 11.8 Å². The quantitative estimate of drug-likeness (QED) is 0.547. The summed E-state index contributed by atoms with van der Waals surface area (Å²) in [6.07, 6.45) is 6.88. The summed E-state index contributed by atoms with van der Waals surface area (Å²) in [6, 6.07) is 4.27. The molecule has 0 spiro atoms. The van der Waals surface area contributed by atoms with Gasteiger partial charge in [0.1, 0.15) is 5.78 Å². The lowest BCUT2D eigenvalue weighted by Gasteiger charge is -2.41. The Bertz CT molecular complexity index is 833. The first-order chi connectivity index (χ1) is 15.4. The highest BCUT2D eigenvalue weighted by atomic mass is 35.5. The lowest BCUT2D eigenvalue weighted by atomic mass is 9.94. The molecule has 0 radical (unpaired) electrons. The molecule has 3 fully saturated rings. The molecular weight excluding hydrogens is 440 g/mol. The van der Waals surface area contributed by atoms with Gasteiger partial charge in [0.05, 0.1) is 0 Å². The topological polar surface area (TPSA) is 40.6 Å². The number of carbonyl (C=O) groups excluding carboxylic acids is 2. The van der Waals surface area contributed by atoms with Crippen molar-refractivity contribution in [3.63, 3.8) is 0 Å². The second-order valence-electron chi connectivity index (χ2n) is 10.1. The van der Waals surface area contributed by atoms with Gasteiger partial charge in [0.15, 0.2) is 0 Å². The molecule has 4 nitrogen and oxygen atoms in total. The van der Waals surface area contributed by atoms with Crippen molar-refractivity contribution in [2.75, 3.05) is 31.1 Å². The van der Waals surface area contributed by atoms with Crippen molar-refractivity contribution in [3.8, 4) is 0 Å². The van der Waals surface area contributed by atoms with E-state index in [4.69, 9.17) is 11.6 Å². The molecule has 1 saturated carbocycles. The Morgan fingerprint density at radius 3 is 2.56 bits per heavy atom. The lowest BCUT2D eigenvalue weighted by molar-refractivity contribution is -0.140. The monoisotopic (exact) mass is 476 g/mol. The van der Waals surface area contributed by atoms with Crippen LogP contribution in [0, 0.1) is 18.8 Å². The van der Waals surface area contributed by atoms with Crippen LogP contribution in [0.3, 0.4) is 0 Å². The third-order valence-electron chi connectivity index (χ3n) is 7.61. The average Bonchev–Trinajstić information content (AvgIpc) is 3.45. The Hall–Kier alpha value is -1.04. The second kappa shape index (κ2) is 10.9. The third kappa shape index (κ3) is 5.90. The van der Waals surface area contributed by atoms with Gasteiger partial charge in [-0.25, -0.2) is 0 Å². The molecule has 176 valence electrons. The van der Waals surface area contributed by atoms with Crippen LogP contribution in [0.15, 0.2) is 12.1 Å².